The van der Waals surface area contributed by atoms with Gasteiger partial charge in [0.05, 0.1) is 16.6 Å². The SMILES string of the molecule is C.CC(C)=CC(C)(C)/C=C1\C(=O)Cc2ccccc21.CC1(C)C=C2C(=[N+]([O-])c3ccccc32)C(C)(C)C1. The van der Waals surface area contributed by atoms with Crippen LogP contribution in [0.25, 0.3) is 11.1 Å². The van der Waals surface area contributed by atoms with Gasteiger partial charge in [-0.1, -0.05) is 95.3 Å². The first-order valence-electron chi connectivity index (χ1n) is 12.9. The summed E-state index contributed by atoms with van der Waals surface area (Å²) in [7, 11) is 0. The number of carbonyl (C=O) groups excluding carboxylic acids is 1. The molecule has 2 aromatic carbocycles. The van der Waals surface area contributed by atoms with Gasteiger partial charge in [0, 0.05) is 23.5 Å². The van der Waals surface area contributed by atoms with Crippen molar-refractivity contribution in [3.8, 4) is 0 Å². The third-order valence-corrected chi connectivity index (χ3v) is 7.08. The first-order chi connectivity index (χ1) is 16.7. The number of carbonyl (C=O) groups is 1. The molecule has 2 aromatic rings. The fourth-order valence-electron chi connectivity index (χ4n) is 6.36. The zero-order chi connectivity index (χ0) is 26.5. The molecule has 196 valence electrons. The van der Waals surface area contributed by atoms with Crippen LogP contribution in [-0.4, -0.2) is 16.2 Å². The van der Waals surface area contributed by atoms with Gasteiger partial charge >= 0.3 is 0 Å². The molecule has 5 rings (SSSR count). The van der Waals surface area contributed by atoms with Crippen LogP contribution in [0.2, 0.25) is 0 Å². The molecule has 37 heavy (non-hydrogen) atoms. The number of fused-ring (bicyclic) bond motifs is 4. The summed E-state index contributed by atoms with van der Waals surface area (Å²) in [6, 6.07) is 16.0. The van der Waals surface area contributed by atoms with E-state index in [4.69, 9.17) is 0 Å². The summed E-state index contributed by atoms with van der Waals surface area (Å²) in [6.07, 6.45) is 8.13. The summed E-state index contributed by atoms with van der Waals surface area (Å²) in [6.45, 7) is 17.3. The van der Waals surface area contributed by atoms with Crippen LogP contribution in [0, 0.1) is 21.5 Å². The van der Waals surface area contributed by atoms with Crippen LogP contribution in [-0.2, 0) is 11.2 Å². The van der Waals surface area contributed by atoms with E-state index in [0.29, 0.717) is 6.42 Å². The van der Waals surface area contributed by atoms with Gasteiger partial charge in [0.25, 0.3) is 0 Å². The Morgan fingerprint density at radius 3 is 2.22 bits per heavy atom. The van der Waals surface area contributed by atoms with E-state index in [1.165, 1.54) is 5.57 Å². The first kappa shape index (κ1) is 28.4. The second kappa shape index (κ2) is 9.93. The quantitative estimate of drug-likeness (QED) is 0.180. The molecule has 0 amide bonds. The van der Waals surface area contributed by atoms with E-state index >= 15 is 0 Å². The summed E-state index contributed by atoms with van der Waals surface area (Å²) in [5, 5.41) is 12.5. The highest BCUT2D eigenvalue weighted by Gasteiger charge is 2.48. The van der Waals surface area contributed by atoms with Crippen LogP contribution < -0.4 is 0 Å². The van der Waals surface area contributed by atoms with E-state index in [1.54, 1.807) is 0 Å². The van der Waals surface area contributed by atoms with E-state index < -0.39 is 0 Å². The Labute approximate surface area is 223 Å². The van der Waals surface area contributed by atoms with Gasteiger partial charge in [-0.2, -0.15) is 4.74 Å². The van der Waals surface area contributed by atoms with Crippen LogP contribution in [0.1, 0.15) is 85.9 Å². The molecule has 3 nitrogen and oxygen atoms in total. The van der Waals surface area contributed by atoms with Crippen LogP contribution >= 0.6 is 0 Å². The first-order valence-corrected chi connectivity index (χ1v) is 12.9. The Morgan fingerprint density at radius 2 is 1.57 bits per heavy atom. The predicted molar refractivity (Wildman–Crippen MR) is 158 cm³/mol. The minimum atomic E-state index is -0.0821. The number of hydrogen-bond acceptors (Lipinski definition) is 2. The van der Waals surface area contributed by atoms with Crippen LogP contribution in [0.4, 0.5) is 5.69 Å². The second-order valence-electron chi connectivity index (χ2n) is 12.6. The lowest BCUT2D eigenvalue weighted by Crippen LogP contribution is -2.36. The normalized spacial score (nSPS) is 19.6. The Bertz CT molecular complexity index is 1340. The fourth-order valence-corrected chi connectivity index (χ4v) is 6.36. The van der Waals surface area contributed by atoms with Crippen LogP contribution in [0.3, 0.4) is 0 Å². The monoisotopic (exact) mass is 497 g/mol. The minimum Gasteiger partial charge on any atom is -0.618 e. The van der Waals surface area contributed by atoms with Crippen molar-refractivity contribution in [3.63, 3.8) is 0 Å². The average molecular weight is 498 g/mol. The lowest BCUT2D eigenvalue weighted by atomic mass is 9.65. The van der Waals surface area contributed by atoms with Crippen molar-refractivity contribution in [2.24, 2.45) is 16.2 Å². The number of hydrogen-bond donors (Lipinski definition) is 0. The molecule has 2 aliphatic carbocycles. The van der Waals surface area contributed by atoms with Gasteiger partial charge in [-0.15, -0.1) is 0 Å². The van der Waals surface area contributed by atoms with Gasteiger partial charge in [0.2, 0.25) is 11.4 Å². The third kappa shape index (κ3) is 5.71. The molecule has 0 spiro atoms. The molecule has 0 saturated heterocycles. The number of para-hydroxylation sites is 1. The largest absolute Gasteiger partial charge is 0.618 e. The van der Waals surface area contributed by atoms with Gasteiger partial charge in [0.15, 0.2) is 5.78 Å². The lowest BCUT2D eigenvalue weighted by molar-refractivity contribution is -0.361. The van der Waals surface area contributed by atoms with Gasteiger partial charge in [0.1, 0.15) is 0 Å². The zero-order valence-corrected chi connectivity index (χ0v) is 23.0. The van der Waals surface area contributed by atoms with Gasteiger partial charge in [-0.25, -0.2) is 0 Å². The van der Waals surface area contributed by atoms with E-state index in [-0.39, 0.29) is 29.5 Å². The number of Topliss-reactive ketones (excluding diaryl/α,β-unsaturated/α-hetero) is 1. The Kier molecular flexibility index (Phi) is 7.61. The van der Waals surface area contributed by atoms with Crippen molar-refractivity contribution < 1.29 is 9.53 Å². The second-order valence-corrected chi connectivity index (χ2v) is 12.6. The molecule has 0 fully saturated rings. The summed E-state index contributed by atoms with van der Waals surface area (Å²) >= 11 is 0. The number of rotatable bonds is 2. The van der Waals surface area contributed by atoms with Gasteiger partial charge < -0.3 is 5.21 Å². The van der Waals surface area contributed by atoms with Crippen molar-refractivity contribution in [1.82, 2.24) is 0 Å². The molecule has 0 radical (unpaired) electrons. The van der Waals surface area contributed by atoms with Crippen molar-refractivity contribution in [2.75, 3.05) is 0 Å². The fraction of sp³-hybridized carbons (Fsp3) is 0.412. The molecule has 0 bridgehead atoms. The highest BCUT2D eigenvalue weighted by Crippen LogP contribution is 2.50. The van der Waals surface area contributed by atoms with E-state index in [9.17, 15) is 10.0 Å². The molecule has 1 aliphatic heterocycles. The van der Waals surface area contributed by atoms with Gasteiger partial charge in [-0.05, 0) is 56.7 Å². The van der Waals surface area contributed by atoms with Crippen LogP contribution in [0.15, 0.2) is 72.3 Å². The summed E-state index contributed by atoms with van der Waals surface area (Å²) < 4.78 is 1.14. The average Bonchev–Trinajstić information content (AvgIpc) is 3.20. The molecule has 0 N–H and O–H groups in total. The number of benzene rings is 2. The van der Waals surface area contributed by atoms with Crippen molar-refractivity contribution >= 4 is 28.3 Å². The molecule has 3 aliphatic rings. The Morgan fingerprint density at radius 1 is 0.973 bits per heavy atom. The maximum Gasteiger partial charge on any atom is 0.224 e. The predicted octanol–water partition coefficient (Wildman–Crippen LogP) is 8.95. The molecule has 1 heterocycles. The maximum absolute atomic E-state index is 12.5. The highest BCUT2D eigenvalue weighted by atomic mass is 16.5. The number of allylic oxidation sites excluding steroid dienone is 6. The molecule has 0 aromatic heterocycles. The number of nitrogens with zero attached hydrogens (tertiary/aromatic N) is 1. The Balaban J connectivity index is 0.000000200. The molecule has 3 heteroatoms. The van der Waals surface area contributed by atoms with Crippen LogP contribution in [0.5, 0.6) is 0 Å². The molecular weight excluding hydrogens is 454 g/mol. The third-order valence-electron chi connectivity index (χ3n) is 7.08. The van der Waals surface area contributed by atoms with Crippen molar-refractivity contribution in [2.45, 2.75) is 75.7 Å². The highest BCUT2D eigenvalue weighted by molar-refractivity contribution is 6.28. The number of ketones is 1. The maximum atomic E-state index is 12.5. The zero-order valence-electron chi connectivity index (χ0n) is 23.0. The van der Waals surface area contributed by atoms with Crippen molar-refractivity contribution in [1.29, 1.82) is 0 Å². The van der Waals surface area contributed by atoms with E-state index in [2.05, 4.69) is 79.7 Å². The van der Waals surface area contributed by atoms with E-state index in [0.717, 1.165) is 50.4 Å². The summed E-state index contributed by atoms with van der Waals surface area (Å²) in [5.74, 6) is 0.242. The van der Waals surface area contributed by atoms with E-state index in [1.807, 2.05) is 42.5 Å². The molecule has 0 atom stereocenters. The Hall–Kier alpha value is -3.20. The minimum absolute atomic E-state index is 0. The standard InChI is InChI=1S/C17H20O.C16H19NO.CH4/c1-12(2)10-17(3,4)11-15-14-8-6-5-7-13(14)9-16(15)18;1-15(2)9-12-11-7-5-6-8-13(11)17(18)14(12)16(3,4)10-15;/h5-8,10-11H,9H2,1-4H3;5-9H,10H2,1-4H3;1H4/b15-11-;;. The lowest BCUT2D eigenvalue weighted by Gasteiger charge is -2.36. The summed E-state index contributed by atoms with van der Waals surface area (Å²) in [5.41, 5.74) is 8.36. The van der Waals surface area contributed by atoms with Crippen molar-refractivity contribution in [3.05, 3.63) is 94.2 Å². The smallest absolute Gasteiger partial charge is 0.224 e. The van der Waals surface area contributed by atoms with Gasteiger partial charge in [-0.3, -0.25) is 4.79 Å². The topological polar surface area (TPSA) is 43.1 Å². The molecular formula is C34H43NO2. The molecule has 0 saturated carbocycles. The summed E-state index contributed by atoms with van der Waals surface area (Å²) in [4.78, 5) is 12.1. The molecule has 0 unspecified atom stereocenters.